The monoisotopic (exact) mass is 553 g/mol. The first-order valence-corrected chi connectivity index (χ1v) is 14.8. The third-order valence-electron chi connectivity index (χ3n) is 8.49. The van der Waals surface area contributed by atoms with Crippen molar-refractivity contribution in [2.24, 2.45) is 0 Å². The second-order valence-electron chi connectivity index (χ2n) is 11.1. The molecular formula is C31H47N5O4. The van der Waals surface area contributed by atoms with Gasteiger partial charge in [-0.15, -0.1) is 0 Å². The Labute approximate surface area is 238 Å². The number of H-pyrrole nitrogens is 1. The average Bonchev–Trinajstić information content (AvgIpc) is 2.95. The van der Waals surface area contributed by atoms with Gasteiger partial charge in [0, 0.05) is 73.4 Å². The third kappa shape index (κ3) is 7.44. The molecule has 1 amide bonds. The van der Waals surface area contributed by atoms with Gasteiger partial charge in [0.2, 0.25) is 0 Å². The van der Waals surface area contributed by atoms with Crippen LogP contribution in [0.2, 0.25) is 0 Å². The zero-order valence-electron chi connectivity index (χ0n) is 24.9. The van der Waals surface area contributed by atoms with E-state index in [1.54, 1.807) is 0 Å². The number of carbonyl (C=O) groups is 1. The summed E-state index contributed by atoms with van der Waals surface area (Å²) in [6, 6.07) is 6.87. The van der Waals surface area contributed by atoms with Crippen LogP contribution in [0.3, 0.4) is 0 Å². The van der Waals surface area contributed by atoms with E-state index in [9.17, 15) is 9.59 Å². The highest BCUT2D eigenvalue weighted by Crippen LogP contribution is 2.34. The predicted octanol–water partition coefficient (Wildman–Crippen LogP) is 3.30. The molecule has 0 radical (unpaired) electrons. The summed E-state index contributed by atoms with van der Waals surface area (Å²) in [6.07, 6.45) is 4.50. The highest BCUT2D eigenvalue weighted by atomic mass is 16.5. The Bertz CT molecular complexity index is 1200. The van der Waals surface area contributed by atoms with E-state index >= 15 is 0 Å². The SMILES string of the molecule is CCN(c1cc(OCCN2CCOCC2)cc(C(=O)NCc2c(C)cc(C)[nH]c2=O)c1C)[C@H]1CC[C@H](NC)CC1. The van der Waals surface area contributed by atoms with Crippen molar-refractivity contribution in [2.45, 2.75) is 72.0 Å². The summed E-state index contributed by atoms with van der Waals surface area (Å²) in [6.45, 7) is 13.7. The minimum absolute atomic E-state index is 0.162. The molecule has 1 aliphatic heterocycles. The van der Waals surface area contributed by atoms with Gasteiger partial charge in [-0.3, -0.25) is 14.5 Å². The van der Waals surface area contributed by atoms with Crippen molar-refractivity contribution in [3.63, 3.8) is 0 Å². The van der Waals surface area contributed by atoms with Crippen LogP contribution >= 0.6 is 0 Å². The number of nitrogens with zero attached hydrogens (tertiary/aromatic N) is 2. The number of aryl methyl sites for hydroxylation is 2. The fourth-order valence-electron chi connectivity index (χ4n) is 6.07. The van der Waals surface area contributed by atoms with Gasteiger partial charge in [-0.25, -0.2) is 0 Å². The van der Waals surface area contributed by atoms with Crippen molar-refractivity contribution in [2.75, 3.05) is 57.9 Å². The number of hydrogen-bond acceptors (Lipinski definition) is 7. The maximum Gasteiger partial charge on any atom is 0.253 e. The number of morpholine rings is 1. The summed E-state index contributed by atoms with van der Waals surface area (Å²) in [4.78, 5) is 33.8. The van der Waals surface area contributed by atoms with Crippen molar-refractivity contribution in [1.29, 1.82) is 0 Å². The van der Waals surface area contributed by atoms with Gasteiger partial charge in [-0.1, -0.05) is 0 Å². The fraction of sp³-hybridized carbons (Fsp3) is 0.613. The first kappa shape index (κ1) is 30.1. The minimum atomic E-state index is -0.202. The Kier molecular flexibility index (Phi) is 10.6. The molecule has 3 N–H and O–H groups in total. The minimum Gasteiger partial charge on any atom is -0.492 e. The zero-order valence-corrected chi connectivity index (χ0v) is 24.9. The molecule has 0 bridgehead atoms. The van der Waals surface area contributed by atoms with E-state index in [-0.39, 0.29) is 18.0 Å². The molecule has 0 atom stereocenters. The fourth-order valence-corrected chi connectivity index (χ4v) is 6.07. The van der Waals surface area contributed by atoms with Gasteiger partial charge in [-0.05, 0) is 83.7 Å². The van der Waals surface area contributed by atoms with E-state index in [0.29, 0.717) is 35.6 Å². The second-order valence-corrected chi connectivity index (χ2v) is 11.1. The topological polar surface area (TPSA) is 98.9 Å². The van der Waals surface area contributed by atoms with Crippen LogP contribution in [-0.4, -0.2) is 80.9 Å². The van der Waals surface area contributed by atoms with E-state index in [1.807, 2.05) is 40.0 Å². The lowest BCUT2D eigenvalue weighted by Crippen LogP contribution is -2.42. The van der Waals surface area contributed by atoms with Crippen molar-refractivity contribution in [3.05, 3.63) is 56.5 Å². The lowest BCUT2D eigenvalue weighted by molar-refractivity contribution is 0.0322. The number of hydrogen-bond donors (Lipinski definition) is 3. The maximum absolute atomic E-state index is 13.6. The summed E-state index contributed by atoms with van der Waals surface area (Å²) in [5.41, 5.74) is 4.66. The average molecular weight is 554 g/mol. The number of aromatic nitrogens is 1. The molecule has 1 aliphatic carbocycles. The first-order valence-electron chi connectivity index (χ1n) is 14.8. The van der Waals surface area contributed by atoms with Crippen molar-refractivity contribution >= 4 is 11.6 Å². The van der Waals surface area contributed by atoms with Gasteiger partial charge < -0.3 is 30.0 Å². The highest BCUT2D eigenvalue weighted by Gasteiger charge is 2.27. The van der Waals surface area contributed by atoms with E-state index in [2.05, 4.69) is 38.4 Å². The molecular weight excluding hydrogens is 506 g/mol. The molecule has 220 valence electrons. The van der Waals surface area contributed by atoms with Crippen LogP contribution in [0.25, 0.3) is 0 Å². The molecule has 0 unspecified atom stereocenters. The van der Waals surface area contributed by atoms with Crippen molar-refractivity contribution in [3.8, 4) is 5.75 Å². The molecule has 1 aromatic carbocycles. The number of pyridine rings is 1. The molecule has 2 aliphatic rings. The van der Waals surface area contributed by atoms with E-state index < -0.39 is 0 Å². The lowest BCUT2D eigenvalue weighted by atomic mass is 9.89. The Morgan fingerprint density at radius 3 is 2.50 bits per heavy atom. The summed E-state index contributed by atoms with van der Waals surface area (Å²) >= 11 is 0. The van der Waals surface area contributed by atoms with Crippen molar-refractivity contribution < 1.29 is 14.3 Å². The quantitative estimate of drug-likeness (QED) is 0.393. The normalized spacial score (nSPS) is 19.8. The molecule has 0 spiro atoms. The summed E-state index contributed by atoms with van der Waals surface area (Å²) in [5, 5.41) is 6.43. The molecule has 1 saturated heterocycles. The van der Waals surface area contributed by atoms with Crippen LogP contribution < -0.4 is 25.8 Å². The zero-order chi connectivity index (χ0) is 28.6. The smallest absolute Gasteiger partial charge is 0.253 e. The van der Waals surface area contributed by atoms with Crippen LogP contribution in [0.5, 0.6) is 5.75 Å². The molecule has 2 aromatic rings. The van der Waals surface area contributed by atoms with E-state index in [4.69, 9.17) is 9.47 Å². The molecule has 2 heterocycles. The molecule has 1 saturated carbocycles. The molecule has 2 fully saturated rings. The highest BCUT2D eigenvalue weighted by molar-refractivity contribution is 5.97. The van der Waals surface area contributed by atoms with E-state index in [0.717, 1.165) is 87.6 Å². The Balaban J connectivity index is 1.57. The number of amides is 1. The number of anilines is 1. The third-order valence-corrected chi connectivity index (χ3v) is 8.49. The summed E-state index contributed by atoms with van der Waals surface area (Å²) in [7, 11) is 2.04. The molecule has 4 rings (SSSR count). The van der Waals surface area contributed by atoms with Gasteiger partial charge in [0.05, 0.1) is 13.2 Å². The first-order chi connectivity index (χ1) is 19.3. The Hall–Kier alpha value is -2.88. The Morgan fingerprint density at radius 1 is 1.12 bits per heavy atom. The van der Waals surface area contributed by atoms with Gasteiger partial charge in [0.25, 0.3) is 11.5 Å². The van der Waals surface area contributed by atoms with Crippen LogP contribution in [0.1, 0.15) is 65.3 Å². The number of benzene rings is 1. The summed E-state index contributed by atoms with van der Waals surface area (Å²) < 4.78 is 11.7. The number of carbonyl (C=O) groups excluding carboxylic acids is 1. The lowest BCUT2D eigenvalue weighted by Gasteiger charge is -2.39. The molecule has 9 heteroatoms. The Morgan fingerprint density at radius 2 is 1.85 bits per heavy atom. The number of nitrogens with one attached hydrogen (secondary N) is 3. The standard InChI is InChI=1S/C31H47N5O4/c1-6-36(25-9-7-24(32-5)8-10-25)29-19-26(40-16-13-35-11-14-39-15-12-35)18-27(23(29)4)30(37)33-20-28-21(2)17-22(3)34-31(28)38/h17-19,24-25,32H,6-16,20H2,1-5H3,(H,33,37)(H,34,38)/t24-,25-. The maximum atomic E-state index is 13.6. The molecule has 1 aromatic heterocycles. The summed E-state index contributed by atoms with van der Waals surface area (Å²) in [5.74, 6) is 0.498. The largest absolute Gasteiger partial charge is 0.492 e. The van der Waals surface area contributed by atoms with Crippen molar-refractivity contribution in [1.82, 2.24) is 20.5 Å². The van der Waals surface area contributed by atoms with Crippen LogP contribution in [-0.2, 0) is 11.3 Å². The van der Waals surface area contributed by atoms with Crippen LogP contribution in [0.15, 0.2) is 23.0 Å². The number of aromatic amines is 1. The van der Waals surface area contributed by atoms with Crippen LogP contribution in [0.4, 0.5) is 5.69 Å². The van der Waals surface area contributed by atoms with E-state index in [1.165, 1.54) is 0 Å². The van der Waals surface area contributed by atoms with Gasteiger partial charge in [0.1, 0.15) is 12.4 Å². The van der Waals surface area contributed by atoms with Gasteiger partial charge in [0.15, 0.2) is 0 Å². The van der Waals surface area contributed by atoms with Gasteiger partial charge >= 0.3 is 0 Å². The van der Waals surface area contributed by atoms with Crippen LogP contribution in [0, 0.1) is 20.8 Å². The number of rotatable bonds is 11. The van der Waals surface area contributed by atoms with Gasteiger partial charge in [-0.2, -0.15) is 0 Å². The predicted molar refractivity (Wildman–Crippen MR) is 160 cm³/mol. The molecule has 9 nitrogen and oxygen atoms in total. The number of ether oxygens (including phenoxy) is 2. The molecule has 40 heavy (non-hydrogen) atoms. The second kappa shape index (κ2) is 14.1.